The minimum Gasteiger partial charge on any atom is -0.319 e. The number of sulfonamides is 1. The molecule has 0 aliphatic carbocycles. The van der Waals surface area contributed by atoms with Crippen LogP contribution < -0.4 is 5.32 Å². The highest BCUT2D eigenvalue weighted by Crippen LogP contribution is 2.29. The van der Waals surface area contributed by atoms with Crippen molar-refractivity contribution in [2.45, 2.75) is 11.3 Å². The Balaban J connectivity index is 0.00000200. The molecule has 0 spiro atoms. The molecule has 0 bridgehead atoms. The number of halogens is 3. The van der Waals surface area contributed by atoms with Gasteiger partial charge in [-0.1, -0.05) is 11.6 Å². The first-order valence-electron chi connectivity index (χ1n) is 6.05. The predicted octanol–water partition coefficient (Wildman–Crippen LogP) is 2.13. The first-order valence-corrected chi connectivity index (χ1v) is 7.86. The lowest BCUT2D eigenvalue weighted by atomic mass is 10.1. The minimum absolute atomic E-state index is 0. The normalized spacial score (nSPS) is 19.9. The third-order valence-electron chi connectivity index (χ3n) is 3.25. The molecule has 1 aliphatic rings. The van der Waals surface area contributed by atoms with Crippen LogP contribution in [0.2, 0.25) is 5.02 Å². The van der Waals surface area contributed by atoms with Gasteiger partial charge < -0.3 is 5.32 Å². The molecular formula is C12H17Cl2FN2O2S. The Morgan fingerprint density at radius 1 is 1.50 bits per heavy atom. The summed E-state index contributed by atoms with van der Waals surface area (Å²) in [4.78, 5) is -0.153. The van der Waals surface area contributed by atoms with Crippen LogP contribution in [0.3, 0.4) is 0 Å². The van der Waals surface area contributed by atoms with Gasteiger partial charge in [0.25, 0.3) is 0 Å². The fraction of sp³-hybridized carbons (Fsp3) is 0.500. The summed E-state index contributed by atoms with van der Waals surface area (Å²) in [5, 5.41) is 3.09. The third kappa shape index (κ3) is 3.62. The van der Waals surface area contributed by atoms with Crippen molar-refractivity contribution >= 4 is 34.0 Å². The molecule has 1 atom stereocenters. The molecule has 1 N–H and O–H groups in total. The second-order valence-corrected chi connectivity index (χ2v) is 6.96. The molecule has 1 saturated heterocycles. The summed E-state index contributed by atoms with van der Waals surface area (Å²) >= 11 is 5.87. The molecule has 20 heavy (non-hydrogen) atoms. The molecular weight excluding hydrogens is 326 g/mol. The highest BCUT2D eigenvalue weighted by Gasteiger charge is 2.33. The largest absolute Gasteiger partial charge is 0.319 e. The molecule has 1 aromatic carbocycles. The molecule has 0 radical (unpaired) electrons. The first kappa shape index (κ1) is 17.7. The highest BCUT2D eigenvalue weighted by molar-refractivity contribution is 7.89. The number of hydrogen-bond acceptors (Lipinski definition) is 3. The Bertz CT molecular complexity index is 569. The molecule has 1 unspecified atom stereocenters. The molecule has 114 valence electrons. The van der Waals surface area contributed by atoms with E-state index in [1.165, 1.54) is 10.4 Å². The fourth-order valence-electron chi connectivity index (χ4n) is 2.28. The van der Waals surface area contributed by atoms with Crippen LogP contribution in [0.5, 0.6) is 0 Å². The van der Waals surface area contributed by atoms with E-state index in [2.05, 4.69) is 5.32 Å². The summed E-state index contributed by atoms with van der Waals surface area (Å²) in [5.74, 6) is -0.318. The monoisotopic (exact) mass is 342 g/mol. The Labute approximate surface area is 129 Å². The quantitative estimate of drug-likeness (QED) is 0.911. The lowest BCUT2D eigenvalue weighted by Gasteiger charge is -2.17. The molecule has 2 rings (SSSR count). The van der Waals surface area contributed by atoms with Crippen molar-refractivity contribution in [2.75, 3.05) is 26.7 Å². The standard InChI is InChI=1S/C12H16ClFN2O2S.ClH/c1-15-7-9-4-5-16(8-9)19(17,18)12-6-10(14)2-3-11(12)13;/h2-3,6,9,15H,4-5,7-8H2,1H3;1H. The van der Waals surface area contributed by atoms with Gasteiger partial charge in [-0.25, -0.2) is 12.8 Å². The topological polar surface area (TPSA) is 49.4 Å². The maximum absolute atomic E-state index is 13.2. The third-order valence-corrected chi connectivity index (χ3v) is 5.60. The maximum Gasteiger partial charge on any atom is 0.244 e. The Kier molecular flexibility index (Phi) is 6.22. The van der Waals surface area contributed by atoms with E-state index < -0.39 is 15.8 Å². The zero-order valence-electron chi connectivity index (χ0n) is 11.0. The van der Waals surface area contributed by atoms with Crippen molar-refractivity contribution in [2.24, 2.45) is 5.92 Å². The molecule has 8 heteroatoms. The minimum atomic E-state index is -3.71. The number of nitrogens with one attached hydrogen (secondary N) is 1. The van der Waals surface area contributed by atoms with E-state index in [1.807, 2.05) is 7.05 Å². The zero-order chi connectivity index (χ0) is 14.0. The van der Waals surface area contributed by atoms with Crippen molar-refractivity contribution in [3.05, 3.63) is 29.0 Å². The van der Waals surface area contributed by atoms with E-state index >= 15 is 0 Å². The van der Waals surface area contributed by atoms with E-state index in [1.54, 1.807) is 0 Å². The van der Waals surface area contributed by atoms with Crippen LogP contribution in [-0.2, 0) is 10.0 Å². The summed E-state index contributed by atoms with van der Waals surface area (Å²) in [6.45, 7) is 1.65. The van der Waals surface area contributed by atoms with Gasteiger partial charge in [0, 0.05) is 13.1 Å². The Hall–Kier alpha value is -0.400. The summed E-state index contributed by atoms with van der Waals surface area (Å²) in [6.07, 6.45) is 0.799. The molecule has 0 amide bonds. The molecule has 4 nitrogen and oxygen atoms in total. The van der Waals surface area contributed by atoms with Gasteiger partial charge in [-0.15, -0.1) is 12.4 Å². The predicted molar refractivity (Wildman–Crippen MR) is 79.5 cm³/mol. The summed E-state index contributed by atoms with van der Waals surface area (Å²) in [7, 11) is -1.88. The van der Waals surface area contributed by atoms with Crippen LogP contribution in [0.1, 0.15) is 6.42 Å². The molecule has 0 aromatic heterocycles. The van der Waals surface area contributed by atoms with Gasteiger partial charge >= 0.3 is 0 Å². The maximum atomic E-state index is 13.2. The van der Waals surface area contributed by atoms with E-state index in [9.17, 15) is 12.8 Å². The average molecular weight is 343 g/mol. The SMILES string of the molecule is CNCC1CCN(S(=O)(=O)c2cc(F)ccc2Cl)C1.Cl. The van der Waals surface area contributed by atoms with Crippen molar-refractivity contribution in [1.82, 2.24) is 9.62 Å². The number of rotatable bonds is 4. The van der Waals surface area contributed by atoms with Crippen molar-refractivity contribution < 1.29 is 12.8 Å². The summed E-state index contributed by atoms with van der Waals surface area (Å²) in [6, 6.07) is 3.39. The zero-order valence-corrected chi connectivity index (χ0v) is 13.4. The molecule has 1 fully saturated rings. The van der Waals surface area contributed by atoms with Gasteiger partial charge in [0.1, 0.15) is 10.7 Å². The number of hydrogen-bond donors (Lipinski definition) is 1. The van der Waals surface area contributed by atoms with E-state index in [4.69, 9.17) is 11.6 Å². The highest BCUT2D eigenvalue weighted by atomic mass is 35.5. The van der Waals surface area contributed by atoms with Gasteiger partial charge in [0.15, 0.2) is 0 Å². The van der Waals surface area contributed by atoms with Gasteiger partial charge in [0.05, 0.1) is 5.02 Å². The number of benzene rings is 1. The first-order chi connectivity index (χ1) is 8.95. The second kappa shape index (κ2) is 7.04. The molecule has 1 aromatic rings. The van der Waals surface area contributed by atoms with Crippen LogP contribution in [0.15, 0.2) is 23.1 Å². The van der Waals surface area contributed by atoms with Crippen molar-refractivity contribution in [3.63, 3.8) is 0 Å². The second-order valence-electron chi connectivity index (χ2n) is 4.65. The lowest BCUT2D eigenvalue weighted by Crippen LogP contribution is -2.30. The lowest BCUT2D eigenvalue weighted by molar-refractivity contribution is 0.450. The molecule has 1 aliphatic heterocycles. The summed E-state index contributed by atoms with van der Waals surface area (Å²) < 4.78 is 39.4. The Morgan fingerprint density at radius 2 is 2.20 bits per heavy atom. The van der Waals surface area contributed by atoms with Crippen LogP contribution >= 0.6 is 24.0 Å². The van der Waals surface area contributed by atoms with E-state index in [-0.39, 0.29) is 28.2 Å². The molecule has 1 heterocycles. The van der Waals surface area contributed by atoms with E-state index in [0.29, 0.717) is 13.1 Å². The van der Waals surface area contributed by atoms with Crippen molar-refractivity contribution in [3.8, 4) is 0 Å². The van der Waals surface area contributed by atoms with Gasteiger partial charge in [-0.3, -0.25) is 0 Å². The van der Waals surface area contributed by atoms with Crippen LogP contribution in [-0.4, -0.2) is 39.4 Å². The van der Waals surface area contributed by atoms with Crippen LogP contribution in [0.25, 0.3) is 0 Å². The van der Waals surface area contributed by atoms with Gasteiger partial charge in [0.2, 0.25) is 10.0 Å². The fourth-order valence-corrected chi connectivity index (χ4v) is 4.30. The van der Waals surface area contributed by atoms with Gasteiger partial charge in [-0.2, -0.15) is 4.31 Å². The molecule has 0 saturated carbocycles. The average Bonchev–Trinajstić information content (AvgIpc) is 2.82. The van der Waals surface area contributed by atoms with Crippen LogP contribution in [0, 0.1) is 11.7 Å². The van der Waals surface area contributed by atoms with Crippen molar-refractivity contribution in [1.29, 1.82) is 0 Å². The number of nitrogens with zero attached hydrogens (tertiary/aromatic N) is 1. The summed E-state index contributed by atoms with van der Waals surface area (Å²) in [5.41, 5.74) is 0. The van der Waals surface area contributed by atoms with Gasteiger partial charge in [-0.05, 0) is 44.1 Å². The Morgan fingerprint density at radius 3 is 2.85 bits per heavy atom. The van der Waals surface area contributed by atoms with Crippen LogP contribution in [0.4, 0.5) is 4.39 Å². The smallest absolute Gasteiger partial charge is 0.244 e. The van der Waals surface area contributed by atoms with E-state index in [0.717, 1.165) is 25.1 Å².